The molecule has 0 radical (unpaired) electrons. The van der Waals surface area contributed by atoms with Gasteiger partial charge in [-0.2, -0.15) is 0 Å². The van der Waals surface area contributed by atoms with Crippen LogP contribution in [0.3, 0.4) is 0 Å². The molecular weight excluding hydrogens is 336 g/mol. The van der Waals surface area contributed by atoms with Gasteiger partial charge >= 0.3 is 5.97 Å². The number of hydrogen-bond donors (Lipinski definition) is 2. The van der Waals surface area contributed by atoms with E-state index in [1.54, 1.807) is 0 Å². The highest BCUT2D eigenvalue weighted by molar-refractivity contribution is 9.10. The average Bonchev–Trinajstić information content (AvgIpc) is 2.36. The van der Waals surface area contributed by atoms with Crippen LogP contribution in [0.5, 0.6) is 0 Å². The van der Waals surface area contributed by atoms with Gasteiger partial charge in [0.1, 0.15) is 0 Å². The fourth-order valence-corrected chi connectivity index (χ4v) is 2.30. The molecule has 0 saturated heterocycles. The SMILES string of the molecule is CC(C)N(CCCC(=O)O)CC(=O)Nc1cccc(Br)c1. The van der Waals surface area contributed by atoms with Gasteiger partial charge in [0.2, 0.25) is 5.91 Å². The molecule has 21 heavy (non-hydrogen) atoms. The molecule has 0 aromatic heterocycles. The van der Waals surface area contributed by atoms with Crippen molar-refractivity contribution in [1.29, 1.82) is 0 Å². The van der Waals surface area contributed by atoms with Gasteiger partial charge in [0.25, 0.3) is 0 Å². The van der Waals surface area contributed by atoms with Crippen LogP contribution >= 0.6 is 15.9 Å². The number of benzene rings is 1. The molecule has 6 heteroatoms. The van der Waals surface area contributed by atoms with Gasteiger partial charge in [-0.3, -0.25) is 14.5 Å². The quantitative estimate of drug-likeness (QED) is 0.751. The lowest BCUT2D eigenvalue weighted by Crippen LogP contribution is -2.38. The van der Waals surface area contributed by atoms with Crippen molar-refractivity contribution in [2.75, 3.05) is 18.4 Å². The first-order valence-corrected chi connectivity index (χ1v) is 7.69. The van der Waals surface area contributed by atoms with Crippen molar-refractivity contribution in [2.24, 2.45) is 0 Å². The number of nitrogens with one attached hydrogen (secondary N) is 1. The van der Waals surface area contributed by atoms with Gasteiger partial charge in [0.15, 0.2) is 0 Å². The number of carboxylic acid groups (broad SMARTS) is 1. The van der Waals surface area contributed by atoms with E-state index in [1.807, 2.05) is 43.0 Å². The third-order valence-electron chi connectivity index (χ3n) is 3.02. The van der Waals surface area contributed by atoms with Crippen molar-refractivity contribution >= 4 is 33.5 Å². The lowest BCUT2D eigenvalue weighted by atomic mass is 10.2. The second kappa shape index (κ2) is 8.79. The zero-order chi connectivity index (χ0) is 15.8. The van der Waals surface area contributed by atoms with E-state index in [4.69, 9.17) is 5.11 Å². The molecular formula is C15H21BrN2O3. The normalized spacial score (nSPS) is 10.9. The molecule has 1 aromatic rings. The molecule has 2 N–H and O–H groups in total. The minimum Gasteiger partial charge on any atom is -0.481 e. The predicted octanol–water partition coefficient (Wildman–Crippen LogP) is 2.96. The minimum atomic E-state index is -0.808. The smallest absolute Gasteiger partial charge is 0.303 e. The van der Waals surface area contributed by atoms with Crippen LogP contribution in [0.4, 0.5) is 5.69 Å². The average molecular weight is 357 g/mol. The Kier molecular flexibility index (Phi) is 7.39. The molecule has 1 aromatic carbocycles. The summed E-state index contributed by atoms with van der Waals surface area (Å²) in [6.07, 6.45) is 0.661. The maximum Gasteiger partial charge on any atom is 0.303 e. The first-order valence-electron chi connectivity index (χ1n) is 6.89. The number of nitrogens with zero attached hydrogens (tertiary/aromatic N) is 1. The highest BCUT2D eigenvalue weighted by Crippen LogP contribution is 2.15. The Morgan fingerprint density at radius 1 is 1.38 bits per heavy atom. The summed E-state index contributed by atoms with van der Waals surface area (Å²) in [5.41, 5.74) is 0.739. The second-order valence-electron chi connectivity index (χ2n) is 5.12. The van der Waals surface area contributed by atoms with Crippen molar-refractivity contribution in [3.05, 3.63) is 28.7 Å². The summed E-state index contributed by atoms with van der Waals surface area (Å²) in [7, 11) is 0. The molecule has 1 amide bonds. The van der Waals surface area contributed by atoms with Crippen LogP contribution in [0.15, 0.2) is 28.7 Å². The van der Waals surface area contributed by atoms with Crippen LogP contribution in [0.1, 0.15) is 26.7 Å². The largest absolute Gasteiger partial charge is 0.481 e. The second-order valence-corrected chi connectivity index (χ2v) is 6.04. The topological polar surface area (TPSA) is 69.6 Å². The summed E-state index contributed by atoms with van der Waals surface area (Å²) in [6.45, 7) is 4.83. The van der Waals surface area contributed by atoms with Crippen LogP contribution in [-0.4, -0.2) is 41.0 Å². The molecule has 0 heterocycles. The van der Waals surface area contributed by atoms with Gasteiger partial charge in [-0.05, 0) is 45.0 Å². The van der Waals surface area contributed by atoms with E-state index in [9.17, 15) is 9.59 Å². The third kappa shape index (κ3) is 7.24. The van der Waals surface area contributed by atoms with Gasteiger partial charge in [0.05, 0.1) is 6.54 Å². The van der Waals surface area contributed by atoms with Crippen molar-refractivity contribution in [2.45, 2.75) is 32.7 Å². The van der Waals surface area contributed by atoms with Gasteiger partial charge < -0.3 is 10.4 Å². The molecule has 0 unspecified atom stereocenters. The summed E-state index contributed by atoms with van der Waals surface area (Å²) in [5, 5.41) is 11.5. The first kappa shape index (κ1) is 17.7. The summed E-state index contributed by atoms with van der Waals surface area (Å²) < 4.78 is 0.905. The summed E-state index contributed by atoms with van der Waals surface area (Å²) >= 11 is 3.36. The molecule has 0 fully saturated rings. The Bertz CT molecular complexity index is 492. The van der Waals surface area contributed by atoms with E-state index < -0.39 is 5.97 Å². The number of halogens is 1. The molecule has 1 rings (SSSR count). The Morgan fingerprint density at radius 2 is 2.10 bits per heavy atom. The maximum absolute atomic E-state index is 12.1. The fourth-order valence-electron chi connectivity index (χ4n) is 1.90. The standard InChI is InChI=1S/C15H21BrN2O3/c1-11(2)18(8-4-7-15(20)21)10-14(19)17-13-6-3-5-12(16)9-13/h3,5-6,9,11H,4,7-8,10H2,1-2H3,(H,17,19)(H,20,21). The molecule has 0 saturated carbocycles. The number of hydrogen-bond acceptors (Lipinski definition) is 3. The Labute approximate surface area is 133 Å². The zero-order valence-electron chi connectivity index (χ0n) is 12.3. The number of rotatable bonds is 8. The molecule has 0 atom stereocenters. The van der Waals surface area contributed by atoms with Crippen LogP contribution in [-0.2, 0) is 9.59 Å². The van der Waals surface area contributed by atoms with E-state index >= 15 is 0 Å². The van der Waals surface area contributed by atoms with Gasteiger partial charge in [-0.25, -0.2) is 0 Å². The fraction of sp³-hybridized carbons (Fsp3) is 0.467. The molecule has 0 bridgehead atoms. The van der Waals surface area contributed by atoms with Crippen molar-refractivity contribution in [3.8, 4) is 0 Å². The summed E-state index contributed by atoms with van der Waals surface area (Å²) in [5.74, 6) is -0.908. The molecule has 116 valence electrons. The van der Waals surface area contributed by atoms with E-state index in [1.165, 1.54) is 0 Å². The number of carbonyl (C=O) groups excluding carboxylic acids is 1. The van der Waals surface area contributed by atoms with Gasteiger partial charge in [-0.1, -0.05) is 22.0 Å². The predicted molar refractivity (Wildman–Crippen MR) is 86.4 cm³/mol. The Balaban J connectivity index is 2.50. The number of aliphatic carboxylic acids is 1. The zero-order valence-corrected chi connectivity index (χ0v) is 13.9. The first-order chi connectivity index (χ1) is 9.88. The van der Waals surface area contributed by atoms with E-state index in [0.29, 0.717) is 13.0 Å². The van der Waals surface area contributed by atoms with Crippen LogP contribution < -0.4 is 5.32 Å². The van der Waals surface area contributed by atoms with Gasteiger partial charge in [0, 0.05) is 22.6 Å². The maximum atomic E-state index is 12.1. The van der Waals surface area contributed by atoms with Crippen LogP contribution in [0, 0.1) is 0 Å². The molecule has 5 nitrogen and oxygen atoms in total. The van der Waals surface area contributed by atoms with Crippen LogP contribution in [0.2, 0.25) is 0 Å². The summed E-state index contributed by atoms with van der Waals surface area (Å²) in [4.78, 5) is 24.6. The lowest BCUT2D eigenvalue weighted by Gasteiger charge is -2.25. The minimum absolute atomic E-state index is 0.0999. The Hall–Kier alpha value is -1.40. The van der Waals surface area contributed by atoms with Crippen LogP contribution in [0.25, 0.3) is 0 Å². The molecule has 0 aliphatic carbocycles. The molecule has 0 spiro atoms. The number of anilines is 1. The number of carboxylic acids is 1. The summed E-state index contributed by atoms with van der Waals surface area (Å²) in [6, 6.07) is 7.59. The van der Waals surface area contributed by atoms with E-state index in [-0.39, 0.29) is 24.9 Å². The van der Waals surface area contributed by atoms with Crippen molar-refractivity contribution < 1.29 is 14.7 Å². The monoisotopic (exact) mass is 356 g/mol. The highest BCUT2D eigenvalue weighted by Gasteiger charge is 2.14. The molecule has 0 aliphatic heterocycles. The van der Waals surface area contributed by atoms with Crippen molar-refractivity contribution in [1.82, 2.24) is 4.90 Å². The third-order valence-corrected chi connectivity index (χ3v) is 3.51. The highest BCUT2D eigenvalue weighted by atomic mass is 79.9. The molecule has 0 aliphatic rings. The lowest BCUT2D eigenvalue weighted by molar-refractivity contribution is -0.137. The van der Waals surface area contributed by atoms with Crippen molar-refractivity contribution in [3.63, 3.8) is 0 Å². The number of amides is 1. The van der Waals surface area contributed by atoms with Gasteiger partial charge in [-0.15, -0.1) is 0 Å². The Morgan fingerprint density at radius 3 is 2.67 bits per heavy atom. The van der Waals surface area contributed by atoms with E-state index in [0.717, 1.165) is 10.2 Å². The van der Waals surface area contributed by atoms with E-state index in [2.05, 4.69) is 21.2 Å². The number of carbonyl (C=O) groups is 2.